The fraction of sp³-hybridized carbons (Fsp3) is 0.788. The average molecular weight is 524 g/mol. The van der Waals surface area contributed by atoms with Crippen molar-refractivity contribution >= 4 is 6.09 Å². The maximum atomic E-state index is 13.2. The summed E-state index contributed by atoms with van der Waals surface area (Å²) in [5.41, 5.74) is 2.99. The number of benzene rings is 1. The van der Waals surface area contributed by atoms with Gasteiger partial charge in [-0.2, -0.15) is 0 Å². The molecule has 0 radical (unpaired) electrons. The van der Waals surface area contributed by atoms with Crippen LogP contribution in [0.2, 0.25) is 0 Å². The number of likely N-dealkylation sites (tertiary alicyclic amines) is 2. The van der Waals surface area contributed by atoms with Crippen molar-refractivity contribution in [3.63, 3.8) is 0 Å². The van der Waals surface area contributed by atoms with Gasteiger partial charge in [0.15, 0.2) is 0 Å². The summed E-state index contributed by atoms with van der Waals surface area (Å²) >= 11 is 0. The number of aliphatic hydroxyl groups is 1. The number of fused-ring (bicyclic) bond motifs is 5. The van der Waals surface area contributed by atoms with Crippen LogP contribution in [0.25, 0.3) is 0 Å². The molecule has 0 unspecified atom stereocenters. The standard InChI is InChI=1S/C33H51N2O3/c1-4-8-23-21-24-22-26(9-10-27(24)28-13-16-33(2)29(31(23)28)11-12-30(33)36)38-32(37)34-17-14-25(15-18-34)35(3)19-6-5-7-20-35/h9-10,22-23,25,28-31,36H,4-8,11-21H2,1-3H3/q+1/t23-,28-,29+,30+,31-,33+/m1/s1. The Morgan fingerprint density at radius 2 is 1.87 bits per heavy atom. The molecular formula is C33H51N2O3+. The molecule has 1 aromatic carbocycles. The third-order valence-electron chi connectivity index (χ3n) is 12.1. The third kappa shape index (κ3) is 4.60. The van der Waals surface area contributed by atoms with E-state index in [0.717, 1.165) is 50.9 Å². The molecule has 0 bridgehead atoms. The molecule has 1 N–H and O–H groups in total. The summed E-state index contributed by atoms with van der Waals surface area (Å²) in [6, 6.07) is 7.21. The highest BCUT2D eigenvalue weighted by Crippen LogP contribution is 2.62. The van der Waals surface area contributed by atoms with E-state index in [1.54, 1.807) is 0 Å². The Bertz CT molecular complexity index is 1010. The van der Waals surface area contributed by atoms with Gasteiger partial charge in [-0.1, -0.05) is 32.8 Å². The van der Waals surface area contributed by atoms with Crippen molar-refractivity contribution in [2.45, 2.75) is 109 Å². The lowest BCUT2D eigenvalue weighted by Gasteiger charge is -2.53. The molecule has 6 rings (SSSR count). The summed E-state index contributed by atoms with van der Waals surface area (Å²) in [6.45, 7) is 8.90. The zero-order valence-corrected chi connectivity index (χ0v) is 24.2. The van der Waals surface area contributed by atoms with Gasteiger partial charge in [0.2, 0.25) is 0 Å². The molecule has 210 valence electrons. The second-order valence-corrected chi connectivity index (χ2v) is 14.1. The van der Waals surface area contributed by atoms with Crippen molar-refractivity contribution in [2.24, 2.45) is 23.2 Å². The van der Waals surface area contributed by atoms with Crippen LogP contribution in [0.15, 0.2) is 18.2 Å². The number of quaternary nitrogens is 1. The van der Waals surface area contributed by atoms with Crippen LogP contribution in [0.3, 0.4) is 0 Å². The lowest BCUT2D eigenvalue weighted by atomic mass is 9.52. The number of hydrogen-bond donors (Lipinski definition) is 1. The van der Waals surface area contributed by atoms with Crippen LogP contribution in [-0.4, -0.2) is 66.0 Å². The van der Waals surface area contributed by atoms with Crippen molar-refractivity contribution in [3.8, 4) is 5.75 Å². The molecule has 3 aliphatic carbocycles. The normalized spacial score (nSPS) is 36.7. The number of aliphatic hydroxyl groups excluding tert-OH is 1. The lowest BCUT2D eigenvalue weighted by molar-refractivity contribution is -0.938. The molecule has 6 atom stereocenters. The van der Waals surface area contributed by atoms with E-state index in [1.807, 2.05) is 4.90 Å². The first-order valence-electron chi connectivity index (χ1n) is 15.9. The molecule has 4 fully saturated rings. The van der Waals surface area contributed by atoms with Gasteiger partial charge in [0.25, 0.3) is 0 Å². The van der Waals surface area contributed by atoms with Crippen molar-refractivity contribution in [2.75, 3.05) is 33.2 Å². The van der Waals surface area contributed by atoms with E-state index < -0.39 is 0 Å². The number of piperidine rings is 2. The number of ether oxygens (including phenoxy) is 1. The fourth-order valence-electron chi connectivity index (χ4n) is 9.89. The summed E-state index contributed by atoms with van der Waals surface area (Å²) in [7, 11) is 2.43. The predicted molar refractivity (Wildman–Crippen MR) is 151 cm³/mol. The molecule has 5 nitrogen and oxygen atoms in total. The second-order valence-electron chi connectivity index (χ2n) is 14.1. The number of amides is 1. The molecule has 38 heavy (non-hydrogen) atoms. The molecule has 1 aromatic rings. The topological polar surface area (TPSA) is 49.8 Å². The van der Waals surface area contributed by atoms with E-state index in [9.17, 15) is 9.90 Å². The SMILES string of the molecule is CCC[C@@H]1Cc2cc(OC(=O)N3CCC([N+]4(C)CCCCC4)CC3)ccc2[C@H]2CC[C@]3(C)[C@@H](O)CC[C@H]3[C@H]12. The van der Waals surface area contributed by atoms with Crippen LogP contribution in [-0.2, 0) is 6.42 Å². The summed E-state index contributed by atoms with van der Waals surface area (Å²) in [6.07, 6.45) is 13.9. The van der Waals surface area contributed by atoms with Gasteiger partial charge in [0.1, 0.15) is 5.75 Å². The van der Waals surface area contributed by atoms with Crippen molar-refractivity contribution < 1.29 is 19.1 Å². The van der Waals surface area contributed by atoms with Gasteiger partial charge in [-0.25, -0.2) is 4.79 Å². The van der Waals surface area contributed by atoms with Crippen LogP contribution in [0.4, 0.5) is 4.79 Å². The maximum absolute atomic E-state index is 13.2. The molecule has 2 heterocycles. The molecule has 1 amide bonds. The van der Waals surface area contributed by atoms with Crippen LogP contribution >= 0.6 is 0 Å². The smallest absolute Gasteiger partial charge is 0.410 e. The highest BCUT2D eigenvalue weighted by atomic mass is 16.6. The van der Waals surface area contributed by atoms with Gasteiger partial charge in [0, 0.05) is 25.9 Å². The zero-order valence-electron chi connectivity index (χ0n) is 24.2. The zero-order chi connectivity index (χ0) is 26.5. The first-order chi connectivity index (χ1) is 18.3. The first-order valence-corrected chi connectivity index (χ1v) is 15.9. The van der Waals surface area contributed by atoms with Gasteiger partial charge >= 0.3 is 6.09 Å². The fourth-order valence-corrected chi connectivity index (χ4v) is 9.89. The first kappa shape index (κ1) is 26.6. The van der Waals surface area contributed by atoms with Gasteiger partial charge in [0.05, 0.1) is 32.3 Å². The van der Waals surface area contributed by atoms with Crippen molar-refractivity contribution in [3.05, 3.63) is 29.3 Å². The second kappa shape index (κ2) is 10.4. The number of nitrogens with zero attached hydrogens (tertiary/aromatic N) is 2. The van der Waals surface area contributed by atoms with E-state index in [0.29, 0.717) is 29.7 Å². The van der Waals surface area contributed by atoms with Gasteiger partial charge < -0.3 is 19.2 Å². The number of rotatable bonds is 4. The van der Waals surface area contributed by atoms with Crippen molar-refractivity contribution in [1.29, 1.82) is 0 Å². The maximum Gasteiger partial charge on any atom is 0.415 e. The summed E-state index contributed by atoms with van der Waals surface area (Å²) in [4.78, 5) is 15.1. The molecule has 5 heteroatoms. The Balaban J connectivity index is 1.13. The Kier molecular flexibility index (Phi) is 7.31. The Morgan fingerprint density at radius 3 is 2.61 bits per heavy atom. The van der Waals surface area contributed by atoms with E-state index in [-0.39, 0.29) is 17.6 Å². The minimum atomic E-state index is -0.170. The predicted octanol–water partition coefficient (Wildman–Crippen LogP) is 6.52. The summed E-state index contributed by atoms with van der Waals surface area (Å²) in [5, 5.41) is 10.9. The summed E-state index contributed by atoms with van der Waals surface area (Å²) in [5.74, 6) is 3.28. The minimum absolute atomic E-state index is 0.0981. The molecule has 2 saturated carbocycles. The van der Waals surface area contributed by atoms with Crippen LogP contribution in [0, 0.1) is 23.2 Å². The van der Waals surface area contributed by atoms with Gasteiger partial charge in [-0.05, 0) is 104 Å². The molecule has 2 aliphatic heterocycles. The van der Waals surface area contributed by atoms with E-state index in [2.05, 4.69) is 39.1 Å². The average Bonchev–Trinajstić information content (AvgIpc) is 3.23. The quantitative estimate of drug-likeness (QED) is 0.457. The van der Waals surface area contributed by atoms with Gasteiger partial charge in [-0.15, -0.1) is 0 Å². The molecule has 5 aliphatic rings. The highest BCUT2D eigenvalue weighted by Gasteiger charge is 2.56. The van der Waals surface area contributed by atoms with Crippen LogP contribution in [0.5, 0.6) is 5.75 Å². The van der Waals surface area contributed by atoms with Crippen molar-refractivity contribution in [1.82, 2.24) is 4.90 Å². The summed E-state index contributed by atoms with van der Waals surface area (Å²) < 4.78 is 7.21. The number of carbonyl (C=O) groups is 1. The Labute approximate surface area is 230 Å². The molecule has 0 aromatic heterocycles. The molecular weight excluding hydrogens is 472 g/mol. The number of carbonyl (C=O) groups excluding carboxylic acids is 1. The largest absolute Gasteiger partial charge is 0.415 e. The Hall–Kier alpha value is -1.59. The van der Waals surface area contributed by atoms with Gasteiger partial charge in [-0.3, -0.25) is 0 Å². The monoisotopic (exact) mass is 523 g/mol. The van der Waals surface area contributed by atoms with E-state index in [1.165, 1.54) is 73.6 Å². The van der Waals surface area contributed by atoms with E-state index in [4.69, 9.17) is 4.74 Å². The van der Waals surface area contributed by atoms with Crippen LogP contribution in [0.1, 0.15) is 102 Å². The molecule has 0 spiro atoms. The van der Waals surface area contributed by atoms with Crippen LogP contribution < -0.4 is 4.74 Å². The minimum Gasteiger partial charge on any atom is -0.410 e. The molecule has 2 saturated heterocycles. The number of hydrogen-bond acceptors (Lipinski definition) is 3. The lowest BCUT2D eigenvalue weighted by Crippen LogP contribution is -2.58. The Morgan fingerprint density at radius 1 is 1.11 bits per heavy atom. The third-order valence-corrected chi connectivity index (χ3v) is 12.1. The van der Waals surface area contributed by atoms with E-state index >= 15 is 0 Å². The highest BCUT2D eigenvalue weighted by molar-refractivity contribution is 5.71.